The van der Waals surface area contributed by atoms with Crippen LogP contribution >= 0.6 is 0 Å². The number of nitrogens with two attached hydrogens (primary N) is 1. The van der Waals surface area contributed by atoms with Gasteiger partial charge in [0.25, 0.3) is 5.56 Å². The average Bonchev–Trinajstić information content (AvgIpc) is 2.08. The number of nitriles is 1. The topological polar surface area (TPSA) is 71.8 Å². The summed E-state index contributed by atoms with van der Waals surface area (Å²) >= 11 is 0. The van der Waals surface area contributed by atoms with Crippen molar-refractivity contribution in [3.8, 4) is 6.07 Å². The predicted molar refractivity (Wildman–Crippen MR) is 49.1 cm³/mol. The Morgan fingerprint density at radius 3 is 3.00 bits per heavy atom. The molecule has 13 heavy (non-hydrogen) atoms. The van der Waals surface area contributed by atoms with Gasteiger partial charge in [-0.1, -0.05) is 0 Å². The van der Waals surface area contributed by atoms with E-state index in [0.717, 1.165) is 0 Å². The van der Waals surface area contributed by atoms with Gasteiger partial charge in [0.15, 0.2) is 0 Å². The predicted octanol–water partition coefficient (Wildman–Crippen LogP) is 0.0672. The van der Waals surface area contributed by atoms with Crippen LogP contribution in [0, 0.1) is 11.3 Å². The van der Waals surface area contributed by atoms with E-state index in [1.54, 1.807) is 12.3 Å². The molecule has 4 heteroatoms. The molecule has 0 saturated carbocycles. The largest absolute Gasteiger partial charge is 0.326 e. The maximum Gasteiger partial charge on any atom is 0.268 e. The van der Waals surface area contributed by atoms with E-state index in [-0.39, 0.29) is 17.2 Å². The van der Waals surface area contributed by atoms with Gasteiger partial charge in [0.2, 0.25) is 0 Å². The lowest BCUT2D eigenvalue weighted by molar-refractivity contribution is 0.573. The summed E-state index contributed by atoms with van der Waals surface area (Å²) in [5.74, 6) is 0. The molecule has 0 spiro atoms. The lowest BCUT2D eigenvalue weighted by Gasteiger charge is -2.07. The Bertz CT molecular complexity index is 387. The average molecular weight is 177 g/mol. The molecule has 0 saturated heterocycles. The van der Waals surface area contributed by atoms with Crippen LogP contribution in [0.4, 0.5) is 0 Å². The minimum absolute atomic E-state index is 0.0911. The van der Waals surface area contributed by atoms with Crippen molar-refractivity contribution in [3.63, 3.8) is 0 Å². The van der Waals surface area contributed by atoms with Crippen LogP contribution in [0.15, 0.2) is 23.1 Å². The third-order valence-electron chi connectivity index (χ3n) is 1.63. The van der Waals surface area contributed by atoms with Crippen LogP contribution < -0.4 is 11.3 Å². The highest BCUT2D eigenvalue weighted by Crippen LogP contribution is 1.90. The Labute approximate surface area is 76.2 Å². The second-order valence-corrected chi connectivity index (χ2v) is 2.97. The second-order valence-electron chi connectivity index (χ2n) is 2.97. The maximum atomic E-state index is 11.4. The molecule has 0 fully saturated rings. The quantitative estimate of drug-likeness (QED) is 0.694. The molecule has 2 N–H and O–H groups in total. The molecule has 0 radical (unpaired) electrons. The van der Waals surface area contributed by atoms with Crippen LogP contribution in [0.3, 0.4) is 0 Å². The fourth-order valence-electron chi connectivity index (χ4n) is 1.08. The molecule has 68 valence electrons. The maximum absolute atomic E-state index is 11.4. The molecule has 0 aromatic carbocycles. The molecular formula is C9H11N3O. The SMILES string of the molecule is C[C@@H](N)Cn1cccc(C#N)c1=O. The number of hydrogen-bond donors (Lipinski definition) is 1. The van der Waals surface area contributed by atoms with E-state index in [1.165, 1.54) is 10.6 Å². The fourth-order valence-corrected chi connectivity index (χ4v) is 1.08. The van der Waals surface area contributed by atoms with Crippen molar-refractivity contribution in [2.75, 3.05) is 0 Å². The summed E-state index contributed by atoms with van der Waals surface area (Å²) in [4.78, 5) is 11.4. The zero-order valence-electron chi connectivity index (χ0n) is 7.40. The monoisotopic (exact) mass is 177 g/mol. The summed E-state index contributed by atoms with van der Waals surface area (Å²) in [6.45, 7) is 2.25. The molecule has 0 amide bonds. The van der Waals surface area contributed by atoms with Crippen molar-refractivity contribution >= 4 is 0 Å². The smallest absolute Gasteiger partial charge is 0.268 e. The molecule has 0 bridgehead atoms. The van der Waals surface area contributed by atoms with Gasteiger partial charge in [0.1, 0.15) is 11.6 Å². The van der Waals surface area contributed by atoms with E-state index in [0.29, 0.717) is 6.54 Å². The van der Waals surface area contributed by atoms with E-state index in [9.17, 15) is 4.79 Å². The first-order valence-corrected chi connectivity index (χ1v) is 4.00. The van der Waals surface area contributed by atoms with Gasteiger partial charge in [-0.3, -0.25) is 4.79 Å². The summed E-state index contributed by atoms with van der Waals surface area (Å²) in [6.07, 6.45) is 1.63. The molecule has 1 atom stereocenters. The van der Waals surface area contributed by atoms with Crippen molar-refractivity contribution in [1.82, 2.24) is 4.57 Å². The Hall–Kier alpha value is -1.60. The number of aromatic nitrogens is 1. The summed E-state index contributed by atoms with van der Waals surface area (Å²) in [5, 5.41) is 8.58. The van der Waals surface area contributed by atoms with Crippen LogP contribution in [-0.4, -0.2) is 10.6 Å². The molecule has 1 aromatic rings. The molecule has 1 heterocycles. The van der Waals surface area contributed by atoms with Gasteiger partial charge in [-0.05, 0) is 19.1 Å². The van der Waals surface area contributed by atoms with Crippen molar-refractivity contribution in [1.29, 1.82) is 5.26 Å². The highest BCUT2D eigenvalue weighted by molar-refractivity contribution is 5.24. The lowest BCUT2D eigenvalue weighted by atomic mass is 10.3. The lowest BCUT2D eigenvalue weighted by Crippen LogP contribution is -2.30. The zero-order chi connectivity index (χ0) is 9.84. The van der Waals surface area contributed by atoms with Crippen LogP contribution in [0.25, 0.3) is 0 Å². The van der Waals surface area contributed by atoms with Crippen molar-refractivity contribution in [2.45, 2.75) is 19.5 Å². The highest BCUT2D eigenvalue weighted by atomic mass is 16.1. The van der Waals surface area contributed by atoms with E-state index in [4.69, 9.17) is 11.0 Å². The normalized spacial score (nSPS) is 12.1. The molecule has 0 aliphatic rings. The van der Waals surface area contributed by atoms with Crippen LogP contribution in [0.5, 0.6) is 0 Å². The van der Waals surface area contributed by atoms with Crippen molar-refractivity contribution in [3.05, 3.63) is 34.2 Å². The number of pyridine rings is 1. The van der Waals surface area contributed by atoms with Gasteiger partial charge >= 0.3 is 0 Å². The summed E-state index contributed by atoms with van der Waals surface area (Å²) in [6, 6.07) is 4.91. The van der Waals surface area contributed by atoms with E-state index in [1.807, 2.05) is 13.0 Å². The Morgan fingerprint density at radius 1 is 1.77 bits per heavy atom. The van der Waals surface area contributed by atoms with E-state index < -0.39 is 0 Å². The Kier molecular flexibility index (Phi) is 2.83. The fraction of sp³-hybridized carbons (Fsp3) is 0.333. The highest BCUT2D eigenvalue weighted by Gasteiger charge is 2.02. The number of rotatable bonds is 2. The van der Waals surface area contributed by atoms with E-state index in [2.05, 4.69) is 0 Å². The number of nitrogens with zero attached hydrogens (tertiary/aromatic N) is 2. The molecule has 0 aliphatic carbocycles. The van der Waals surface area contributed by atoms with Crippen molar-refractivity contribution < 1.29 is 0 Å². The van der Waals surface area contributed by atoms with Gasteiger partial charge in [0.05, 0.1) is 0 Å². The van der Waals surface area contributed by atoms with Crippen LogP contribution in [0.2, 0.25) is 0 Å². The Balaban J connectivity index is 3.11. The van der Waals surface area contributed by atoms with Gasteiger partial charge in [-0.15, -0.1) is 0 Å². The van der Waals surface area contributed by atoms with Crippen LogP contribution in [0.1, 0.15) is 12.5 Å². The Morgan fingerprint density at radius 2 is 2.46 bits per heavy atom. The third-order valence-corrected chi connectivity index (χ3v) is 1.63. The van der Waals surface area contributed by atoms with Crippen molar-refractivity contribution in [2.24, 2.45) is 5.73 Å². The van der Waals surface area contributed by atoms with Gasteiger partial charge in [0, 0.05) is 18.8 Å². The van der Waals surface area contributed by atoms with Gasteiger partial charge < -0.3 is 10.3 Å². The summed E-state index contributed by atoms with van der Waals surface area (Å²) in [5.41, 5.74) is 5.42. The first-order valence-electron chi connectivity index (χ1n) is 4.00. The molecule has 0 unspecified atom stereocenters. The van der Waals surface area contributed by atoms with Gasteiger partial charge in [-0.2, -0.15) is 5.26 Å². The standard InChI is InChI=1S/C9H11N3O/c1-7(11)6-12-4-2-3-8(5-10)9(12)13/h2-4,7H,6,11H2,1H3/t7-/m1/s1. The van der Waals surface area contributed by atoms with Gasteiger partial charge in [-0.25, -0.2) is 0 Å². The van der Waals surface area contributed by atoms with Crippen LogP contribution in [-0.2, 0) is 6.54 Å². The molecular weight excluding hydrogens is 166 g/mol. The zero-order valence-corrected chi connectivity index (χ0v) is 7.40. The minimum atomic E-state index is -0.276. The molecule has 1 aromatic heterocycles. The first-order chi connectivity index (χ1) is 6.15. The molecule has 1 rings (SSSR count). The second kappa shape index (κ2) is 3.87. The van der Waals surface area contributed by atoms with E-state index >= 15 is 0 Å². The summed E-state index contributed by atoms with van der Waals surface area (Å²) < 4.78 is 1.45. The molecule has 0 aliphatic heterocycles. The third kappa shape index (κ3) is 2.17. The minimum Gasteiger partial charge on any atom is -0.326 e. The number of hydrogen-bond acceptors (Lipinski definition) is 3. The first kappa shape index (κ1) is 9.49. The summed E-state index contributed by atoms with van der Waals surface area (Å²) in [7, 11) is 0. The molecule has 4 nitrogen and oxygen atoms in total.